The molecule has 22 heavy (non-hydrogen) atoms. The van der Waals surface area contributed by atoms with Gasteiger partial charge in [-0.2, -0.15) is 0 Å². The van der Waals surface area contributed by atoms with Crippen molar-refractivity contribution >= 4 is 29.9 Å². The maximum atomic E-state index is 5.94. The molecule has 6 heteroatoms. The van der Waals surface area contributed by atoms with Crippen LogP contribution in [-0.4, -0.2) is 68.1 Å². The predicted molar refractivity (Wildman–Crippen MR) is 105 cm³/mol. The molecule has 0 spiro atoms. The topological polar surface area (TPSA) is 56.9 Å². The van der Waals surface area contributed by atoms with Crippen LogP contribution in [0.15, 0.2) is 4.99 Å². The summed E-state index contributed by atoms with van der Waals surface area (Å²) in [6, 6.07) is 0. The molecule has 1 aliphatic heterocycles. The highest BCUT2D eigenvalue weighted by atomic mass is 127. The summed E-state index contributed by atoms with van der Waals surface area (Å²) in [5, 5.41) is 3.26. The molecule has 1 unspecified atom stereocenters. The fraction of sp³-hybridized carbons (Fsp3) is 0.938. The van der Waals surface area contributed by atoms with Crippen LogP contribution < -0.4 is 11.1 Å². The molecule has 0 amide bonds. The van der Waals surface area contributed by atoms with Crippen LogP contribution in [0.4, 0.5) is 0 Å². The van der Waals surface area contributed by atoms with Crippen molar-refractivity contribution < 1.29 is 0 Å². The summed E-state index contributed by atoms with van der Waals surface area (Å²) in [6.07, 6.45) is 4.08. The number of halogens is 1. The van der Waals surface area contributed by atoms with Crippen LogP contribution in [0.3, 0.4) is 0 Å². The van der Waals surface area contributed by atoms with Gasteiger partial charge in [-0.3, -0.25) is 4.99 Å². The lowest BCUT2D eigenvalue weighted by Gasteiger charge is -2.35. The molecule has 1 aliphatic carbocycles. The van der Waals surface area contributed by atoms with E-state index in [1.165, 1.54) is 52.0 Å². The van der Waals surface area contributed by atoms with Gasteiger partial charge in [-0.1, -0.05) is 20.3 Å². The molecule has 5 nitrogen and oxygen atoms in total. The van der Waals surface area contributed by atoms with Crippen molar-refractivity contribution in [1.82, 2.24) is 15.1 Å². The number of nitrogens with two attached hydrogens (primary N) is 1. The molecule has 1 heterocycles. The van der Waals surface area contributed by atoms with Crippen LogP contribution in [0.2, 0.25) is 0 Å². The Morgan fingerprint density at radius 2 is 1.86 bits per heavy atom. The SMILES string of the molecule is CCN1CCN(CC(C)CN=C(N)NCC2CCC2)CC1.I. The summed E-state index contributed by atoms with van der Waals surface area (Å²) in [7, 11) is 0. The largest absolute Gasteiger partial charge is 0.370 e. The Bertz CT molecular complexity index is 324. The third-order valence-corrected chi connectivity index (χ3v) is 4.85. The number of piperazine rings is 1. The Hall–Kier alpha value is -0.0800. The number of hydrogen-bond acceptors (Lipinski definition) is 3. The molecule has 3 N–H and O–H groups in total. The number of guanidine groups is 1. The van der Waals surface area contributed by atoms with Crippen molar-refractivity contribution in [3.05, 3.63) is 0 Å². The van der Waals surface area contributed by atoms with Crippen LogP contribution in [0.1, 0.15) is 33.1 Å². The second-order valence-electron chi connectivity index (χ2n) is 6.74. The first-order valence-electron chi connectivity index (χ1n) is 8.66. The lowest BCUT2D eigenvalue weighted by atomic mass is 9.85. The van der Waals surface area contributed by atoms with E-state index in [0.29, 0.717) is 11.9 Å². The van der Waals surface area contributed by atoms with Crippen LogP contribution in [0, 0.1) is 11.8 Å². The van der Waals surface area contributed by atoms with Crippen LogP contribution in [0.25, 0.3) is 0 Å². The molecular weight excluding hydrogens is 389 g/mol. The molecule has 0 bridgehead atoms. The molecule has 1 saturated heterocycles. The second kappa shape index (κ2) is 10.6. The molecule has 1 atom stereocenters. The zero-order chi connectivity index (χ0) is 15.1. The lowest BCUT2D eigenvalue weighted by molar-refractivity contribution is 0.125. The molecule has 2 rings (SSSR count). The molecule has 1 saturated carbocycles. The first-order valence-corrected chi connectivity index (χ1v) is 8.66. The van der Waals surface area contributed by atoms with Crippen molar-refractivity contribution in [2.75, 3.05) is 52.4 Å². The average molecular weight is 423 g/mol. The highest BCUT2D eigenvalue weighted by molar-refractivity contribution is 14.0. The van der Waals surface area contributed by atoms with Gasteiger partial charge < -0.3 is 20.9 Å². The van der Waals surface area contributed by atoms with E-state index in [0.717, 1.165) is 25.6 Å². The molecule has 2 fully saturated rings. The van der Waals surface area contributed by atoms with E-state index in [2.05, 4.69) is 34.0 Å². The summed E-state index contributed by atoms with van der Waals surface area (Å²) in [5.74, 6) is 2.03. The molecule has 0 aromatic carbocycles. The Kier molecular flexibility index (Phi) is 9.66. The summed E-state index contributed by atoms with van der Waals surface area (Å²) in [5.41, 5.74) is 5.94. The molecule has 130 valence electrons. The fourth-order valence-corrected chi connectivity index (χ4v) is 3.04. The van der Waals surface area contributed by atoms with E-state index in [1.54, 1.807) is 0 Å². The van der Waals surface area contributed by atoms with Gasteiger partial charge in [0.05, 0.1) is 0 Å². The van der Waals surface area contributed by atoms with E-state index in [4.69, 9.17) is 5.73 Å². The van der Waals surface area contributed by atoms with Gasteiger partial charge in [-0.25, -0.2) is 0 Å². The van der Waals surface area contributed by atoms with Gasteiger partial charge in [-0.05, 0) is 31.2 Å². The second-order valence-corrected chi connectivity index (χ2v) is 6.74. The van der Waals surface area contributed by atoms with E-state index >= 15 is 0 Å². The number of rotatable bonds is 7. The Morgan fingerprint density at radius 1 is 1.23 bits per heavy atom. The van der Waals surface area contributed by atoms with Crippen LogP contribution in [-0.2, 0) is 0 Å². The smallest absolute Gasteiger partial charge is 0.188 e. The van der Waals surface area contributed by atoms with E-state index in [1.807, 2.05) is 0 Å². The lowest BCUT2D eigenvalue weighted by Crippen LogP contribution is -2.47. The highest BCUT2D eigenvalue weighted by Crippen LogP contribution is 2.24. The molecule has 0 aromatic heterocycles. The highest BCUT2D eigenvalue weighted by Gasteiger charge is 2.18. The minimum atomic E-state index is 0. The number of nitrogens with one attached hydrogen (secondary N) is 1. The number of aliphatic imine (C=N–C) groups is 1. The van der Waals surface area contributed by atoms with Gasteiger partial charge in [0.1, 0.15) is 0 Å². The predicted octanol–water partition coefficient (Wildman–Crippen LogP) is 1.58. The Labute approximate surface area is 153 Å². The first-order chi connectivity index (χ1) is 10.2. The molecule has 0 radical (unpaired) electrons. The quantitative estimate of drug-likeness (QED) is 0.371. The van der Waals surface area contributed by atoms with Gasteiger partial charge in [0.25, 0.3) is 0 Å². The summed E-state index contributed by atoms with van der Waals surface area (Å²) in [6.45, 7) is 13.5. The first kappa shape index (κ1) is 20.0. The van der Waals surface area contributed by atoms with E-state index < -0.39 is 0 Å². The standard InChI is InChI=1S/C16H33N5.HI/c1-3-20-7-9-21(10-8-20)13-14(2)11-18-16(17)19-12-15-5-4-6-15;/h14-15H,3-13H2,1-2H3,(H3,17,18,19);1H. The maximum Gasteiger partial charge on any atom is 0.188 e. The summed E-state index contributed by atoms with van der Waals surface area (Å²) in [4.78, 5) is 9.57. The maximum absolute atomic E-state index is 5.94. The van der Waals surface area contributed by atoms with Gasteiger partial charge in [0.15, 0.2) is 5.96 Å². The summed E-state index contributed by atoms with van der Waals surface area (Å²) >= 11 is 0. The van der Waals surface area contributed by atoms with E-state index in [-0.39, 0.29) is 24.0 Å². The van der Waals surface area contributed by atoms with Crippen molar-refractivity contribution in [2.24, 2.45) is 22.6 Å². The minimum absolute atomic E-state index is 0. The Balaban J connectivity index is 0.00000242. The zero-order valence-corrected chi connectivity index (χ0v) is 16.6. The number of nitrogens with zero attached hydrogens (tertiary/aromatic N) is 3. The van der Waals surface area contributed by atoms with Crippen molar-refractivity contribution in [1.29, 1.82) is 0 Å². The minimum Gasteiger partial charge on any atom is -0.370 e. The van der Waals surface area contributed by atoms with Gasteiger partial charge in [0.2, 0.25) is 0 Å². The van der Waals surface area contributed by atoms with Crippen LogP contribution in [0.5, 0.6) is 0 Å². The molecule has 2 aliphatic rings. The third kappa shape index (κ3) is 7.00. The van der Waals surface area contributed by atoms with Crippen LogP contribution >= 0.6 is 24.0 Å². The fourth-order valence-electron chi connectivity index (χ4n) is 3.04. The third-order valence-electron chi connectivity index (χ3n) is 4.85. The monoisotopic (exact) mass is 423 g/mol. The average Bonchev–Trinajstić information content (AvgIpc) is 2.44. The van der Waals surface area contributed by atoms with Crippen molar-refractivity contribution in [3.63, 3.8) is 0 Å². The number of likely N-dealkylation sites (N-methyl/N-ethyl adjacent to an activating group) is 1. The van der Waals surface area contributed by atoms with Gasteiger partial charge in [-0.15, -0.1) is 24.0 Å². The number of hydrogen-bond donors (Lipinski definition) is 2. The van der Waals surface area contributed by atoms with Crippen molar-refractivity contribution in [2.45, 2.75) is 33.1 Å². The van der Waals surface area contributed by atoms with Crippen molar-refractivity contribution in [3.8, 4) is 0 Å². The molecular formula is C16H34IN5. The zero-order valence-electron chi connectivity index (χ0n) is 14.3. The normalized spacial score (nSPS) is 22.7. The van der Waals surface area contributed by atoms with Gasteiger partial charge in [0, 0.05) is 45.8 Å². The molecule has 0 aromatic rings. The van der Waals surface area contributed by atoms with Gasteiger partial charge >= 0.3 is 0 Å². The van der Waals surface area contributed by atoms with E-state index in [9.17, 15) is 0 Å². The Morgan fingerprint density at radius 3 is 2.41 bits per heavy atom. The summed E-state index contributed by atoms with van der Waals surface area (Å²) < 4.78 is 0.